The molecule has 9 aromatic rings. The summed E-state index contributed by atoms with van der Waals surface area (Å²) in [6, 6.07) is 43.0. The lowest BCUT2D eigenvalue weighted by molar-refractivity contribution is 0.661. The summed E-state index contributed by atoms with van der Waals surface area (Å²) in [6.07, 6.45) is 0. The quantitative estimate of drug-likeness (QED) is 0.200. The second-order valence-corrected chi connectivity index (χ2v) is 13.6. The van der Waals surface area contributed by atoms with E-state index in [1.807, 2.05) is 35.6 Å². The van der Waals surface area contributed by atoms with Crippen LogP contribution in [0.1, 0.15) is 25.0 Å². The zero-order valence-electron chi connectivity index (χ0n) is 24.8. The molecule has 0 fully saturated rings. The predicted molar refractivity (Wildman–Crippen MR) is 188 cm³/mol. The molecule has 0 spiro atoms. The molecule has 3 nitrogen and oxygen atoms in total. The standard InChI is InChI=1S/C41H26N2OS/c1-41(2)29-18-16-24(22-28(29)35-30(41)19-17-26-25-12-7-9-15-34(25)45-39(26)35)40-42-31-20-21-33-36(27-13-6-8-14-32(27)44-33)37(31)38(43-40)23-10-4-3-5-11-23/h3-22H,1-2H3. The molecule has 212 valence electrons. The SMILES string of the molecule is CC1(C)c2ccc(-c3nc(-c4ccccc4)c4c(ccc5oc6ccccc6c54)n3)cc2-c2c1ccc1c2sc2ccccc21. The first-order valence-corrected chi connectivity index (χ1v) is 16.2. The lowest BCUT2D eigenvalue weighted by Crippen LogP contribution is -2.14. The number of furan rings is 1. The maximum Gasteiger partial charge on any atom is 0.160 e. The smallest absolute Gasteiger partial charge is 0.160 e. The molecular formula is C41H26N2OS. The second-order valence-electron chi connectivity index (χ2n) is 12.5. The van der Waals surface area contributed by atoms with Crippen LogP contribution in [0.15, 0.2) is 126 Å². The minimum atomic E-state index is -0.0963. The van der Waals surface area contributed by atoms with E-state index >= 15 is 0 Å². The van der Waals surface area contributed by atoms with E-state index in [-0.39, 0.29) is 5.41 Å². The first kappa shape index (κ1) is 25.1. The number of thiophene rings is 1. The number of hydrogen-bond acceptors (Lipinski definition) is 4. The molecule has 4 heteroatoms. The average Bonchev–Trinajstić information content (AvgIpc) is 3.72. The zero-order chi connectivity index (χ0) is 29.9. The highest BCUT2D eigenvalue weighted by atomic mass is 32.1. The molecule has 0 saturated heterocycles. The summed E-state index contributed by atoms with van der Waals surface area (Å²) in [4.78, 5) is 10.6. The normalized spacial score (nSPS) is 13.7. The number of nitrogens with zero attached hydrogens (tertiary/aromatic N) is 2. The molecule has 0 amide bonds. The summed E-state index contributed by atoms with van der Waals surface area (Å²) in [5.41, 5.74) is 10.9. The average molecular weight is 595 g/mol. The molecule has 3 aromatic heterocycles. The Bertz CT molecular complexity index is 2680. The maximum atomic E-state index is 6.27. The van der Waals surface area contributed by atoms with Crippen molar-refractivity contribution in [2.24, 2.45) is 0 Å². The van der Waals surface area contributed by atoms with Crippen molar-refractivity contribution in [2.45, 2.75) is 19.3 Å². The largest absolute Gasteiger partial charge is 0.456 e. The van der Waals surface area contributed by atoms with Crippen LogP contribution in [0.4, 0.5) is 0 Å². The van der Waals surface area contributed by atoms with Crippen molar-refractivity contribution in [3.8, 4) is 33.8 Å². The van der Waals surface area contributed by atoms with Gasteiger partial charge in [0.15, 0.2) is 5.82 Å². The van der Waals surface area contributed by atoms with Crippen molar-refractivity contribution < 1.29 is 4.42 Å². The van der Waals surface area contributed by atoms with Gasteiger partial charge in [-0.3, -0.25) is 0 Å². The number of hydrogen-bond donors (Lipinski definition) is 0. The van der Waals surface area contributed by atoms with Crippen LogP contribution in [0.5, 0.6) is 0 Å². The Morgan fingerprint density at radius 2 is 1.38 bits per heavy atom. The van der Waals surface area contributed by atoms with Crippen LogP contribution in [0.2, 0.25) is 0 Å². The third-order valence-electron chi connectivity index (χ3n) is 9.69. The van der Waals surface area contributed by atoms with Crippen LogP contribution < -0.4 is 0 Å². The summed E-state index contributed by atoms with van der Waals surface area (Å²) < 4.78 is 8.96. The van der Waals surface area contributed by atoms with Crippen molar-refractivity contribution in [1.29, 1.82) is 0 Å². The monoisotopic (exact) mass is 594 g/mol. The summed E-state index contributed by atoms with van der Waals surface area (Å²) in [5.74, 6) is 0.728. The van der Waals surface area contributed by atoms with Crippen LogP contribution in [-0.4, -0.2) is 9.97 Å². The Morgan fingerprint density at radius 1 is 0.600 bits per heavy atom. The topological polar surface area (TPSA) is 38.9 Å². The Morgan fingerprint density at radius 3 is 2.27 bits per heavy atom. The lowest BCUT2D eigenvalue weighted by atomic mass is 9.82. The van der Waals surface area contributed by atoms with E-state index in [0.29, 0.717) is 0 Å². The van der Waals surface area contributed by atoms with Crippen molar-refractivity contribution in [3.63, 3.8) is 0 Å². The first-order valence-electron chi connectivity index (χ1n) is 15.3. The van der Waals surface area contributed by atoms with Gasteiger partial charge in [0.05, 0.1) is 11.2 Å². The van der Waals surface area contributed by atoms with E-state index in [0.717, 1.165) is 55.5 Å². The summed E-state index contributed by atoms with van der Waals surface area (Å²) in [5, 5.41) is 5.81. The van der Waals surface area contributed by atoms with Gasteiger partial charge in [-0.2, -0.15) is 0 Å². The number of aromatic nitrogens is 2. The van der Waals surface area contributed by atoms with E-state index in [1.54, 1.807) is 0 Å². The molecule has 45 heavy (non-hydrogen) atoms. The number of rotatable bonds is 2. The molecule has 0 atom stereocenters. The molecular weight excluding hydrogens is 569 g/mol. The van der Waals surface area contributed by atoms with E-state index in [4.69, 9.17) is 14.4 Å². The van der Waals surface area contributed by atoms with E-state index in [9.17, 15) is 0 Å². The molecule has 0 N–H and O–H groups in total. The fourth-order valence-corrected chi connectivity index (χ4v) is 8.80. The van der Waals surface area contributed by atoms with Gasteiger partial charge in [0, 0.05) is 58.4 Å². The Hall–Kier alpha value is -5.32. The molecule has 1 aliphatic carbocycles. The van der Waals surface area contributed by atoms with Gasteiger partial charge < -0.3 is 4.42 Å². The highest BCUT2D eigenvalue weighted by Gasteiger charge is 2.37. The number of benzene rings is 6. The first-order chi connectivity index (χ1) is 22.1. The Kier molecular flexibility index (Phi) is 4.94. The Balaban J connectivity index is 1.26. The number of fused-ring (bicyclic) bond motifs is 12. The molecule has 1 aliphatic rings. The summed E-state index contributed by atoms with van der Waals surface area (Å²) in [6.45, 7) is 4.69. The van der Waals surface area contributed by atoms with Crippen LogP contribution in [-0.2, 0) is 5.41 Å². The van der Waals surface area contributed by atoms with Crippen LogP contribution in [0.3, 0.4) is 0 Å². The number of para-hydroxylation sites is 1. The van der Waals surface area contributed by atoms with Gasteiger partial charge in [-0.25, -0.2) is 9.97 Å². The van der Waals surface area contributed by atoms with Gasteiger partial charge in [-0.15, -0.1) is 11.3 Å². The minimum absolute atomic E-state index is 0.0963. The fourth-order valence-electron chi connectivity index (χ4n) is 7.53. The molecule has 3 heterocycles. The van der Waals surface area contributed by atoms with Crippen molar-refractivity contribution in [2.75, 3.05) is 0 Å². The third-order valence-corrected chi connectivity index (χ3v) is 10.9. The van der Waals surface area contributed by atoms with Gasteiger partial charge >= 0.3 is 0 Å². The molecule has 0 aliphatic heterocycles. The molecule has 0 radical (unpaired) electrons. The van der Waals surface area contributed by atoms with E-state index in [2.05, 4.69) is 111 Å². The predicted octanol–water partition coefficient (Wildman–Crippen LogP) is 11.5. The summed E-state index contributed by atoms with van der Waals surface area (Å²) in [7, 11) is 0. The summed E-state index contributed by atoms with van der Waals surface area (Å²) >= 11 is 1.90. The Labute approximate surface area is 263 Å². The van der Waals surface area contributed by atoms with Crippen molar-refractivity contribution in [3.05, 3.63) is 132 Å². The third kappa shape index (κ3) is 3.40. The minimum Gasteiger partial charge on any atom is -0.456 e. The molecule has 0 saturated carbocycles. The van der Waals surface area contributed by atoms with Gasteiger partial charge in [0.25, 0.3) is 0 Å². The van der Waals surface area contributed by atoms with Crippen molar-refractivity contribution in [1.82, 2.24) is 9.97 Å². The molecule has 0 unspecified atom stereocenters. The van der Waals surface area contributed by atoms with Gasteiger partial charge in [-0.05, 0) is 47.0 Å². The molecule has 6 aromatic carbocycles. The van der Waals surface area contributed by atoms with Gasteiger partial charge in [0.2, 0.25) is 0 Å². The highest BCUT2D eigenvalue weighted by molar-refractivity contribution is 7.26. The van der Waals surface area contributed by atoms with Crippen LogP contribution in [0, 0.1) is 0 Å². The lowest BCUT2D eigenvalue weighted by Gasteiger charge is -2.21. The van der Waals surface area contributed by atoms with Crippen LogP contribution in [0.25, 0.3) is 86.8 Å². The van der Waals surface area contributed by atoms with Gasteiger partial charge in [0.1, 0.15) is 11.2 Å². The maximum absolute atomic E-state index is 6.27. The zero-order valence-corrected chi connectivity index (χ0v) is 25.6. The van der Waals surface area contributed by atoms with Crippen LogP contribution >= 0.6 is 11.3 Å². The molecule has 0 bridgehead atoms. The van der Waals surface area contributed by atoms with Gasteiger partial charge in [-0.1, -0.05) is 105 Å². The van der Waals surface area contributed by atoms with Crippen molar-refractivity contribution >= 4 is 64.4 Å². The highest BCUT2D eigenvalue weighted by Crippen LogP contribution is 2.54. The fraction of sp³-hybridized carbons (Fsp3) is 0.0732. The molecule has 10 rings (SSSR count). The van der Waals surface area contributed by atoms with E-state index in [1.165, 1.54) is 42.4 Å². The second kappa shape index (κ2) is 8.87. The van der Waals surface area contributed by atoms with E-state index < -0.39 is 0 Å².